The van der Waals surface area contributed by atoms with E-state index in [1.54, 1.807) is 14.2 Å². The fourth-order valence-electron chi connectivity index (χ4n) is 5.53. The van der Waals surface area contributed by atoms with Crippen LogP contribution in [0.1, 0.15) is 114 Å². The van der Waals surface area contributed by atoms with Gasteiger partial charge in [0, 0.05) is 30.9 Å². The molecular formula is C38H77IN4O10. The fraction of sp³-hybridized carbons (Fsp3) is 0.895. The highest BCUT2D eigenvalue weighted by atomic mass is 127. The quantitative estimate of drug-likeness (QED) is 0.135. The number of ether oxygens (including phenoxy) is 7. The molecule has 0 radical (unpaired) electrons. The summed E-state index contributed by atoms with van der Waals surface area (Å²) in [5.74, 6) is 0.463. The van der Waals surface area contributed by atoms with Crippen LogP contribution in [0.5, 0.6) is 0 Å². The minimum atomic E-state index is -0.944. The van der Waals surface area contributed by atoms with Crippen molar-refractivity contribution < 1.29 is 47.9 Å². The van der Waals surface area contributed by atoms with Crippen LogP contribution in [-0.2, 0) is 42.7 Å². The van der Waals surface area contributed by atoms with E-state index in [9.17, 15) is 9.59 Å². The number of carboxylic acid groups (broad SMARTS) is 1. The monoisotopic (exact) mass is 876 g/mol. The zero-order valence-electron chi connectivity index (χ0n) is 31.2. The topological polar surface area (TPSA) is 196 Å². The Morgan fingerprint density at radius 2 is 1.25 bits per heavy atom. The Labute approximate surface area is 335 Å². The van der Waals surface area contributed by atoms with Gasteiger partial charge in [0.25, 0.3) is 0 Å². The molecule has 5 heterocycles. The maximum Gasteiger partial charge on any atom is 0.322 e. The number of aliphatic imine (C=N–C) groups is 2. The lowest BCUT2D eigenvalue weighted by molar-refractivity contribution is -0.143. The minimum absolute atomic E-state index is 0. The third kappa shape index (κ3) is 24.5. The van der Waals surface area contributed by atoms with Gasteiger partial charge >= 0.3 is 11.9 Å². The van der Waals surface area contributed by atoms with Crippen LogP contribution in [0.3, 0.4) is 0 Å². The van der Waals surface area contributed by atoms with Gasteiger partial charge in [0.2, 0.25) is 11.8 Å². The Morgan fingerprint density at radius 1 is 0.792 bits per heavy atom. The van der Waals surface area contributed by atoms with Gasteiger partial charge in [-0.05, 0) is 76.5 Å². The Balaban J connectivity index is -0.000000592. The maximum atomic E-state index is 10.9. The largest absolute Gasteiger partial charge is 0.483 e. The first-order valence-corrected chi connectivity index (χ1v) is 19.5. The van der Waals surface area contributed by atoms with Crippen molar-refractivity contribution in [2.45, 2.75) is 156 Å². The molecule has 0 amide bonds. The van der Waals surface area contributed by atoms with E-state index in [-0.39, 0.29) is 46.5 Å². The van der Waals surface area contributed by atoms with E-state index in [2.05, 4.69) is 58.1 Å². The average molecular weight is 877 g/mol. The van der Waals surface area contributed by atoms with Crippen LogP contribution in [0, 0.1) is 5.92 Å². The molecule has 0 bridgehead atoms. The van der Waals surface area contributed by atoms with Crippen molar-refractivity contribution in [3.05, 3.63) is 0 Å². The summed E-state index contributed by atoms with van der Waals surface area (Å²) in [6.07, 6.45) is 12.8. The van der Waals surface area contributed by atoms with Crippen LogP contribution in [0.25, 0.3) is 0 Å². The Hall–Kier alpha value is -1.63. The number of nitrogens with zero attached hydrogens (tertiary/aromatic N) is 2. The summed E-state index contributed by atoms with van der Waals surface area (Å²) >= 11 is 2.36. The molecule has 53 heavy (non-hydrogen) atoms. The van der Waals surface area contributed by atoms with Gasteiger partial charge in [-0.15, -0.1) is 0 Å². The summed E-state index contributed by atoms with van der Waals surface area (Å²) in [5, 5.41) is 8.46. The number of esters is 1. The lowest BCUT2D eigenvalue weighted by atomic mass is 10.0. The molecular weight excluding hydrogens is 799 g/mol. The van der Waals surface area contributed by atoms with E-state index in [0.717, 1.165) is 56.5 Å². The number of halogens is 1. The lowest BCUT2D eigenvalue weighted by Gasteiger charge is -2.22. The van der Waals surface area contributed by atoms with Gasteiger partial charge in [0.05, 0.1) is 45.7 Å². The second-order valence-electron chi connectivity index (χ2n) is 12.9. The molecule has 2 unspecified atom stereocenters. The van der Waals surface area contributed by atoms with Gasteiger partial charge in [-0.25, -0.2) is 9.98 Å². The summed E-state index contributed by atoms with van der Waals surface area (Å²) in [7, 11) is 4.59. The summed E-state index contributed by atoms with van der Waals surface area (Å²) in [4.78, 5) is 29.8. The van der Waals surface area contributed by atoms with Crippen LogP contribution >= 0.6 is 22.6 Å². The molecule has 0 spiro atoms. The second-order valence-corrected chi connectivity index (χ2v) is 13.8. The number of hydrogen-bond acceptors (Lipinski definition) is 13. The molecule has 15 heteroatoms. The number of carbonyl (C=O) groups excluding carboxylic acids is 1. The number of carbonyl (C=O) groups is 2. The summed E-state index contributed by atoms with van der Waals surface area (Å²) < 4.78 is 37.0. The van der Waals surface area contributed by atoms with E-state index < -0.39 is 18.1 Å². The molecule has 316 valence electrons. The van der Waals surface area contributed by atoms with Crippen LogP contribution in [-0.4, -0.2) is 130 Å². The van der Waals surface area contributed by atoms with E-state index in [1.165, 1.54) is 39.2 Å². The first-order valence-electron chi connectivity index (χ1n) is 18.0. The van der Waals surface area contributed by atoms with Crippen LogP contribution in [0.15, 0.2) is 9.98 Å². The molecule has 5 aliphatic heterocycles. The Bertz CT molecular complexity index is 951. The Kier molecular flexibility index (Phi) is 35.4. The highest BCUT2D eigenvalue weighted by Gasteiger charge is 2.25. The molecule has 7 atom stereocenters. The molecule has 0 aromatic heterocycles. The van der Waals surface area contributed by atoms with Crippen molar-refractivity contribution in [2.24, 2.45) is 27.4 Å². The van der Waals surface area contributed by atoms with Crippen molar-refractivity contribution in [3.63, 3.8) is 0 Å². The molecule has 4 saturated heterocycles. The minimum Gasteiger partial charge on any atom is -0.483 e. The van der Waals surface area contributed by atoms with Crippen molar-refractivity contribution in [1.82, 2.24) is 0 Å². The fourth-order valence-corrected chi connectivity index (χ4v) is 6.23. The summed E-state index contributed by atoms with van der Waals surface area (Å²) in [5.41, 5.74) is 10.9. The number of rotatable bonds is 9. The molecule has 5 N–H and O–H groups in total. The summed E-state index contributed by atoms with van der Waals surface area (Å²) in [6, 6.07) is -1.29. The molecule has 14 nitrogen and oxygen atoms in total. The molecule has 0 saturated carbocycles. The predicted molar refractivity (Wildman–Crippen MR) is 222 cm³/mol. The number of alkyl halides is 1. The maximum absolute atomic E-state index is 10.9. The van der Waals surface area contributed by atoms with Crippen molar-refractivity contribution in [2.75, 3.05) is 58.7 Å². The molecule has 4 fully saturated rings. The number of methoxy groups -OCH3 is 3. The number of carboxylic acids is 1. The van der Waals surface area contributed by atoms with Crippen LogP contribution in [0.2, 0.25) is 0 Å². The number of hydrogen-bond donors (Lipinski definition) is 3. The van der Waals surface area contributed by atoms with Crippen molar-refractivity contribution in [3.8, 4) is 0 Å². The number of aliphatic carboxylic acids is 1. The van der Waals surface area contributed by atoms with E-state index in [0.29, 0.717) is 49.3 Å². The number of nitrogens with two attached hydrogens (primary N) is 2. The van der Waals surface area contributed by atoms with E-state index >= 15 is 0 Å². The van der Waals surface area contributed by atoms with E-state index in [1.807, 2.05) is 0 Å². The summed E-state index contributed by atoms with van der Waals surface area (Å²) in [6.45, 7) is 10.4. The zero-order chi connectivity index (χ0) is 37.3. The normalized spacial score (nSPS) is 25.1. The third-order valence-corrected chi connectivity index (χ3v) is 9.54. The predicted octanol–water partition coefficient (Wildman–Crippen LogP) is 6.22. The smallest absolute Gasteiger partial charge is 0.322 e. The van der Waals surface area contributed by atoms with Crippen LogP contribution < -0.4 is 11.5 Å². The molecule has 0 aromatic rings. The van der Waals surface area contributed by atoms with Gasteiger partial charge in [-0.2, -0.15) is 0 Å². The first-order chi connectivity index (χ1) is 24.0. The Morgan fingerprint density at radius 3 is 1.55 bits per heavy atom. The molecule has 5 aliphatic rings. The second kappa shape index (κ2) is 33.7. The van der Waals surface area contributed by atoms with E-state index in [4.69, 9.17) is 45.0 Å². The zero-order valence-corrected chi connectivity index (χ0v) is 33.3. The highest BCUT2D eigenvalue weighted by Crippen LogP contribution is 2.18. The van der Waals surface area contributed by atoms with Gasteiger partial charge < -0.3 is 49.7 Å². The van der Waals surface area contributed by atoms with Gasteiger partial charge in [0.15, 0.2) is 0 Å². The molecule has 0 aromatic carbocycles. The average Bonchev–Trinajstić information content (AvgIpc) is 3.98. The molecule has 0 aliphatic carbocycles. The SMILES string of the molecule is C.C.C.CC[C@H]1CCCO1.COC(=O)[C@@H](N)CC1CCCO1.COC1=N[C@H](C(C)C)C(OC)=NC1.IC[C@@H]1CCCO1.N[C@@H](CC1CCCO1)C(=O)O. The lowest BCUT2D eigenvalue weighted by Crippen LogP contribution is -2.34. The van der Waals surface area contributed by atoms with Crippen LogP contribution in [0.4, 0.5) is 0 Å². The van der Waals surface area contributed by atoms with Gasteiger partial charge in [0.1, 0.15) is 24.7 Å². The standard InChI is InChI=1S/C9H16N2O2.C8H15NO3.C7H13NO3.C6H12O.C5H9IO.3CH4/c1-6(2)8-9(13-4)10-5-7(11-8)12-3;1-11-8(10)7(9)5-6-3-2-4-12-6;8-6(7(9)10)4-5-2-1-3-11-5;1-2-6-4-3-5-7-6;6-4-5-2-1-3-7-5;;;/h6,8H,5H2,1-4H3;6-7H,2-5,9H2,1H3;5-6H,1-4,8H2,(H,9,10);6H,2-5H2,1H3;5H,1-4H2;3*1H4/t8-;6?,7-;5?,6-;6-;5-;;;/m10000.../s1. The highest BCUT2D eigenvalue weighted by molar-refractivity contribution is 14.1. The van der Waals surface area contributed by atoms with Gasteiger partial charge in [-0.1, -0.05) is 65.6 Å². The van der Waals surface area contributed by atoms with Gasteiger partial charge in [-0.3, -0.25) is 9.59 Å². The molecule has 5 rings (SSSR count). The third-order valence-electron chi connectivity index (χ3n) is 8.56. The van der Waals surface area contributed by atoms with Crippen molar-refractivity contribution >= 4 is 46.3 Å². The first kappa shape index (κ1) is 55.7. The van der Waals surface area contributed by atoms with Crippen molar-refractivity contribution in [1.29, 1.82) is 0 Å².